The summed E-state index contributed by atoms with van der Waals surface area (Å²) in [7, 11) is 0. The lowest BCUT2D eigenvalue weighted by atomic mass is 9.90. The summed E-state index contributed by atoms with van der Waals surface area (Å²) < 4.78 is 0. The lowest BCUT2D eigenvalue weighted by molar-refractivity contribution is -0.121. The molecule has 3 heteroatoms. The van der Waals surface area contributed by atoms with Crippen LogP contribution in [0, 0.1) is 5.92 Å². The number of hydrogen-bond acceptors (Lipinski definition) is 3. The maximum atomic E-state index is 12.6. The average Bonchev–Trinajstić information content (AvgIpc) is 2.50. The standard InChI is InChI=1S/C18H27NOS/c1-3-5-9-14-16(20)13-19-15-10-7-8-12-18(15)21-17(14)11-6-4-2/h7-8,10,12,14,17,19H,3-6,9,11,13H2,1-2H3. The SMILES string of the molecule is CCCCC1Sc2ccccc2NCC(=O)C1CCCC. The molecule has 116 valence electrons. The van der Waals surface area contributed by atoms with E-state index in [-0.39, 0.29) is 5.92 Å². The van der Waals surface area contributed by atoms with Crippen molar-refractivity contribution < 1.29 is 4.79 Å². The van der Waals surface area contributed by atoms with E-state index in [0.29, 0.717) is 17.6 Å². The molecule has 1 aliphatic heterocycles. The Kier molecular flexibility index (Phi) is 6.62. The van der Waals surface area contributed by atoms with Crippen LogP contribution in [-0.4, -0.2) is 17.6 Å². The molecular formula is C18H27NOS. The number of ketones is 1. The van der Waals surface area contributed by atoms with Gasteiger partial charge in [-0.2, -0.15) is 0 Å². The minimum absolute atomic E-state index is 0.211. The Bertz CT molecular complexity index is 460. The van der Waals surface area contributed by atoms with Crippen molar-refractivity contribution in [1.29, 1.82) is 0 Å². The third-order valence-corrected chi connectivity index (χ3v) is 5.67. The molecule has 0 saturated heterocycles. The highest BCUT2D eigenvalue weighted by atomic mass is 32.2. The first kappa shape index (κ1) is 16.4. The fraction of sp³-hybridized carbons (Fsp3) is 0.611. The van der Waals surface area contributed by atoms with Crippen molar-refractivity contribution in [2.45, 2.75) is 62.5 Å². The number of anilines is 1. The highest BCUT2D eigenvalue weighted by Crippen LogP contribution is 2.39. The Morgan fingerprint density at radius 3 is 2.62 bits per heavy atom. The molecule has 1 aromatic rings. The maximum Gasteiger partial charge on any atom is 0.156 e. The zero-order valence-electron chi connectivity index (χ0n) is 13.2. The number of carbonyl (C=O) groups excluding carboxylic acids is 1. The number of rotatable bonds is 6. The molecular weight excluding hydrogens is 278 g/mol. The van der Waals surface area contributed by atoms with Crippen LogP contribution in [-0.2, 0) is 4.79 Å². The molecule has 0 amide bonds. The van der Waals surface area contributed by atoms with E-state index >= 15 is 0 Å². The summed E-state index contributed by atoms with van der Waals surface area (Å²) in [4.78, 5) is 13.9. The number of hydrogen-bond donors (Lipinski definition) is 1. The first-order valence-corrected chi connectivity index (χ1v) is 9.16. The van der Waals surface area contributed by atoms with Crippen LogP contribution in [0.4, 0.5) is 5.69 Å². The summed E-state index contributed by atoms with van der Waals surface area (Å²) in [6.45, 7) is 4.91. The quantitative estimate of drug-likeness (QED) is 0.789. The summed E-state index contributed by atoms with van der Waals surface area (Å²) in [6, 6.07) is 8.39. The second kappa shape index (κ2) is 8.47. The van der Waals surface area contributed by atoms with Crippen LogP contribution in [0.2, 0.25) is 0 Å². The highest BCUT2D eigenvalue weighted by Gasteiger charge is 2.30. The van der Waals surface area contributed by atoms with E-state index in [1.54, 1.807) is 0 Å². The molecule has 1 aliphatic rings. The van der Waals surface area contributed by atoms with E-state index in [4.69, 9.17) is 0 Å². The number of para-hydroxylation sites is 1. The van der Waals surface area contributed by atoms with Crippen LogP contribution < -0.4 is 5.32 Å². The van der Waals surface area contributed by atoms with E-state index in [2.05, 4.69) is 37.4 Å². The van der Waals surface area contributed by atoms with Gasteiger partial charge in [0, 0.05) is 21.8 Å². The van der Waals surface area contributed by atoms with Crippen molar-refractivity contribution in [2.75, 3.05) is 11.9 Å². The number of thioether (sulfide) groups is 1. The molecule has 0 aliphatic carbocycles. The molecule has 2 atom stereocenters. The van der Waals surface area contributed by atoms with E-state index < -0.39 is 0 Å². The highest BCUT2D eigenvalue weighted by molar-refractivity contribution is 8.00. The molecule has 0 aromatic heterocycles. The van der Waals surface area contributed by atoms with E-state index in [0.717, 1.165) is 24.9 Å². The van der Waals surface area contributed by atoms with Crippen LogP contribution in [0.5, 0.6) is 0 Å². The van der Waals surface area contributed by atoms with Gasteiger partial charge in [-0.1, -0.05) is 51.7 Å². The van der Waals surface area contributed by atoms with E-state index in [9.17, 15) is 4.79 Å². The zero-order chi connectivity index (χ0) is 15.1. The van der Waals surface area contributed by atoms with Crippen molar-refractivity contribution in [3.8, 4) is 0 Å². The number of Topliss-reactive ketones (excluding diaryl/α,β-unsaturated/α-hetero) is 1. The molecule has 1 heterocycles. The number of nitrogens with one attached hydrogen (secondary N) is 1. The molecule has 2 nitrogen and oxygen atoms in total. The van der Waals surface area contributed by atoms with Crippen molar-refractivity contribution in [1.82, 2.24) is 0 Å². The Labute approximate surface area is 133 Å². The minimum atomic E-state index is 0.211. The average molecular weight is 305 g/mol. The fourth-order valence-corrected chi connectivity index (χ4v) is 4.40. The van der Waals surface area contributed by atoms with Gasteiger partial charge >= 0.3 is 0 Å². The van der Waals surface area contributed by atoms with Gasteiger partial charge in [-0.25, -0.2) is 0 Å². The van der Waals surface area contributed by atoms with E-state index in [1.165, 1.54) is 24.2 Å². The van der Waals surface area contributed by atoms with Crippen molar-refractivity contribution in [3.63, 3.8) is 0 Å². The molecule has 1 N–H and O–H groups in total. The maximum absolute atomic E-state index is 12.6. The predicted molar refractivity (Wildman–Crippen MR) is 92.1 cm³/mol. The van der Waals surface area contributed by atoms with Gasteiger partial charge in [-0.15, -0.1) is 11.8 Å². The van der Waals surface area contributed by atoms with Crippen molar-refractivity contribution >= 4 is 23.2 Å². The number of benzene rings is 1. The third kappa shape index (κ3) is 4.50. The van der Waals surface area contributed by atoms with Gasteiger partial charge in [0.15, 0.2) is 5.78 Å². The normalized spacial score (nSPS) is 22.1. The summed E-state index contributed by atoms with van der Waals surface area (Å²) >= 11 is 1.91. The zero-order valence-corrected chi connectivity index (χ0v) is 14.0. The first-order chi connectivity index (χ1) is 10.3. The Hall–Kier alpha value is -0.960. The second-order valence-electron chi connectivity index (χ2n) is 5.86. The van der Waals surface area contributed by atoms with Crippen LogP contribution >= 0.6 is 11.8 Å². The van der Waals surface area contributed by atoms with Crippen molar-refractivity contribution in [2.24, 2.45) is 5.92 Å². The van der Waals surface area contributed by atoms with Gasteiger partial charge in [-0.3, -0.25) is 4.79 Å². The molecule has 0 spiro atoms. The molecule has 21 heavy (non-hydrogen) atoms. The molecule has 0 radical (unpaired) electrons. The first-order valence-electron chi connectivity index (χ1n) is 8.28. The van der Waals surface area contributed by atoms with Gasteiger partial charge in [0.05, 0.1) is 6.54 Å². The lowest BCUT2D eigenvalue weighted by Crippen LogP contribution is -2.32. The largest absolute Gasteiger partial charge is 0.377 e. The number of carbonyl (C=O) groups is 1. The Balaban J connectivity index is 2.21. The Morgan fingerprint density at radius 2 is 1.86 bits per heavy atom. The third-order valence-electron chi connectivity index (χ3n) is 4.19. The second-order valence-corrected chi connectivity index (χ2v) is 7.14. The van der Waals surface area contributed by atoms with Gasteiger partial charge in [0.2, 0.25) is 0 Å². The van der Waals surface area contributed by atoms with Crippen molar-refractivity contribution in [3.05, 3.63) is 24.3 Å². The molecule has 0 saturated carbocycles. The van der Waals surface area contributed by atoms with E-state index in [1.807, 2.05) is 17.8 Å². The Morgan fingerprint density at radius 1 is 1.14 bits per heavy atom. The van der Waals surface area contributed by atoms with Gasteiger partial charge in [0.25, 0.3) is 0 Å². The molecule has 0 bridgehead atoms. The van der Waals surface area contributed by atoms with Crippen LogP contribution in [0.25, 0.3) is 0 Å². The molecule has 0 fully saturated rings. The summed E-state index contributed by atoms with van der Waals surface area (Å²) in [6.07, 6.45) is 6.92. The monoisotopic (exact) mass is 305 g/mol. The topological polar surface area (TPSA) is 29.1 Å². The minimum Gasteiger partial charge on any atom is -0.377 e. The summed E-state index contributed by atoms with van der Waals surface area (Å²) in [5, 5.41) is 3.76. The predicted octanol–water partition coefficient (Wildman–Crippen LogP) is 5.14. The van der Waals surface area contributed by atoms with Crippen LogP contribution in [0.1, 0.15) is 52.4 Å². The lowest BCUT2D eigenvalue weighted by Gasteiger charge is -2.29. The van der Waals surface area contributed by atoms with Gasteiger partial charge < -0.3 is 5.32 Å². The summed E-state index contributed by atoms with van der Waals surface area (Å²) in [5.74, 6) is 0.605. The molecule has 2 unspecified atom stereocenters. The van der Waals surface area contributed by atoms with Crippen LogP contribution in [0.3, 0.4) is 0 Å². The van der Waals surface area contributed by atoms with Gasteiger partial charge in [0.1, 0.15) is 0 Å². The fourth-order valence-electron chi connectivity index (χ4n) is 2.92. The number of fused-ring (bicyclic) bond motifs is 1. The summed E-state index contributed by atoms with van der Waals surface area (Å²) in [5.41, 5.74) is 1.12. The number of unbranched alkanes of at least 4 members (excludes halogenated alkanes) is 2. The van der Waals surface area contributed by atoms with Gasteiger partial charge in [-0.05, 0) is 25.0 Å². The van der Waals surface area contributed by atoms with Crippen LogP contribution in [0.15, 0.2) is 29.2 Å². The molecule has 1 aromatic carbocycles. The smallest absolute Gasteiger partial charge is 0.156 e. The molecule has 2 rings (SSSR count).